The predicted molar refractivity (Wildman–Crippen MR) is 120 cm³/mol. The van der Waals surface area contributed by atoms with Gasteiger partial charge in [-0.2, -0.15) is 0 Å². The number of ether oxygens (including phenoxy) is 2. The Morgan fingerprint density at radius 1 is 1.09 bits per heavy atom. The van der Waals surface area contributed by atoms with Gasteiger partial charge in [-0.25, -0.2) is 4.98 Å². The summed E-state index contributed by atoms with van der Waals surface area (Å²) in [6, 6.07) is 4.51. The second-order valence-corrected chi connectivity index (χ2v) is 7.84. The van der Waals surface area contributed by atoms with Crippen molar-refractivity contribution in [1.29, 1.82) is 0 Å². The van der Waals surface area contributed by atoms with Gasteiger partial charge >= 0.3 is 0 Å². The number of rotatable bonds is 8. The van der Waals surface area contributed by atoms with Gasteiger partial charge < -0.3 is 25.0 Å². The van der Waals surface area contributed by atoms with E-state index >= 15 is 0 Å². The lowest BCUT2D eigenvalue weighted by atomic mass is 10.0. The van der Waals surface area contributed by atoms with Gasteiger partial charge in [-0.1, -0.05) is 0 Å². The van der Waals surface area contributed by atoms with Crippen LogP contribution in [0, 0.1) is 0 Å². The molecule has 1 saturated heterocycles. The van der Waals surface area contributed by atoms with Crippen molar-refractivity contribution in [3.05, 3.63) is 48.0 Å². The van der Waals surface area contributed by atoms with E-state index in [1.807, 2.05) is 0 Å². The monoisotopic (exact) mass is 455 g/mol. The standard InChI is InChI=1S/C23H29N5O5/c1-15(29)26-20(12-16-10-18(32-2)13-19(11-16)33-3)22(30)27-17-4-8-28(9-5-17)23(31)21-14-24-6-7-25-21/h6-7,10-11,13-14,17,20H,4-5,8-9,12H2,1-3H3,(H,26,29)(H,27,30)/t20-/m0/s1. The average Bonchev–Trinajstić information content (AvgIpc) is 2.83. The molecule has 1 aliphatic rings. The number of carbonyl (C=O) groups excluding carboxylic acids is 3. The Labute approximate surface area is 192 Å². The highest BCUT2D eigenvalue weighted by molar-refractivity contribution is 5.92. The molecule has 0 aliphatic carbocycles. The van der Waals surface area contributed by atoms with Crippen LogP contribution >= 0.6 is 0 Å². The van der Waals surface area contributed by atoms with Gasteiger partial charge in [-0.15, -0.1) is 0 Å². The van der Waals surface area contributed by atoms with Crippen LogP contribution in [0.4, 0.5) is 0 Å². The van der Waals surface area contributed by atoms with E-state index in [1.54, 1.807) is 37.3 Å². The van der Waals surface area contributed by atoms with Crippen molar-refractivity contribution in [1.82, 2.24) is 25.5 Å². The first-order valence-corrected chi connectivity index (χ1v) is 10.7. The number of carbonyl (C=O) groups is 3. The van der Waals surface area contributed by atoms with Crippen LogP contribution in [-0.2, 0) is 16.0 Å². The maximum Gasteiger partial charge on any atom is 0.274 e. The van der Waals surface area contributed by atoms with Crippen molar-refractivity contribution in [2.45, 2.75) is 38.3 Å². The fourth-order valence-electron chi connectivity index (χ4n) is 3.77. The maximum absolute atomic E-state index is 13.0. The number of aromatic nitrogens is 2. The summed E-state index contributed by atoms with van der Waals surface area (Å²) in [4.78, 5) is 47.0. The lowest BCUT2D eigenvalue weighted by Crippen LogP contribution is -2.53. The van der Waals surface area contributed by atoms with E-state index in [2.05, 4.69) is 20.6 Å². The van der Waals surface area contributed by atoms with Crippen LogP contribution in [0.25, 0.3) is 0 Å². The van der Waals surface area contributed by atoms with Crippen LogP contribution in [0.5, 0.6) is 11.5 Å². The molecule has 1 fully saturated rings. The summed E-state index contributed by atoms with van der Waals surface area (Å²) in [6.45, 7) is 2.37. The molecule has 2 heterocycles. The number of nitrogens with zero attached hydrogens (tertiary/aromatic N) is 3. The number of methoxy groups -OCH3 is 2. The molecule has 3 amide bonds. The van der Waals surface area contributed by atoms with Gasteiger partial charge in [-0.05, 0) is 30.5 Å². The van der Waals surface area contributed by atoms with Crippen LogP contribution in [0.15, 0.2) is 36.8 Å². The molecule has 3 rings (SSSR count). The van der Waals surface area contributed by atoms with E-state index < -0.39 is 6.04 Å². The fraction of sp³-hybridized carbons (Fsp3) is 0.435. The molecule has 0 bridgehead atoms. The van der Waals surface area contributed by atoms with Crippen LogP contribution in [0.1, 0.15) is 35.8 Å². The van der Waals surface area contributed by atoms with Gasteiger partial charge in [0.15, 0.2) is 0 Å². The van der Waals surface area contributed by atoms with Crippen molar-refractivity contribution in [2.24, 2.45) is 0 Å². The van der Waals surface area contributed by atoms with E-state index in [4.69, 9.17) is 9.47 Å². The third-order valence-corrected chi connectivity index (χ3v) is 5.46. The quantitative estimate of drug-likeness (QED) is 0.608. The third-order valence-electron chi connectivity index (χ3n) is 5.46. The molecule has 1 aromatic carbocycles. The van der Waals surface area contributed by atoms with Gasteiger partial charge in [0.25, 0.3) is 5.91 Å². The van der Waals surface area contributed by atoms with E-state index in [0.717, 1.165) is 5.56 Å². The number of piperidine rings is 1. The molecule has 0 unspecified atom stereocenters. The molecule has 0 spiro atoms. The summed E-state index contributed by atoms with van der Waals surface area (Å²) in [7, 11) is 3.11. The molecule has 176 valence electrons. The Kier molecular flexibility index (Phi) is 8.17. The van der Waals surface area contributed by atoms with Crippen LogP contribution in [-0.4, -0.2) is 72.0 Å². The summed E-state index contributed by atoms with van der Waals surface area (Å²) in [6.07, 6.45) is 5.95. The SMILES string of the molecule is COc1cc(C[C@H](NC(C)=O)C(=O)NC2CCN(C(=O)c3cnccn3)CC2)cc(OC)c1. The molecule has 33 heavy (non-hydrogen) atoms. The Hall–Kier alpha value is -3.69. The zero-order chi connectivity index (χ0) is 23.8. The molecular formula is C23H29N5O5. The highest BCUT2D eigenvalue weighted by atomic mass is 16.5. The van der Waals surface area contributed by atoms with Crippen molar-refractivity contribution < 1.29 is 23.9 Å². The Bertz CT molecular complexity index is 954. The number of nitrogens with one attached hydrogen (secondary N) is 2. The minimum Gasteiger partial charge on any atom is -0.497 e. The zero-order valence-electron chi connectivity index (χ0n) is 19.0. The second-order valence-electron chi connectivity index (χ2n) is 7.84. The van der Waals surface area contributed by atoms with Crippen molar-refractivity contribution in [2.75, 3.05) is 27.3 Å². The normalized spacial score (nSPS) is 14.8. The molecule has 0 saturated carbocycles. The van der Waals surface area contributed by atoms with Gasteiger partial charge in [0.1, 0.15) is 23.2 Å². The molecule has 10 heteroatoms. The summed E-state index contributed by atoms with van der Waals surface area (Å²) in [5.41, 5.74) is 1.10. The smallest absolute Gasteiger partial charge is 0.274 e. The third kappa shape index (κ3) is 6.64. The van der Waals surface area contributed by atoms with Crippen molar-refractivity contribution in [3.63, 3.8) is 0 Å². The van der Waals surface area contributed by atoms with E-state index in [9.17, 15) is 14.4 Å². The van der Waals surface area contributed by atoms with Gasteiger partial charge in [0.2, 0.25) is 11.8 Å². The van der Waals surface area contributed by atoms with Crippen LogP contribution < -0.4 is 20.1 Å². The Morgan fingerprint density at radius 3 is 2.30 bits per heavy atom. The topological polar surface area (TPSA) is 123 Å². The second kappa shape index (κ2) is 11.3. The van der Waals surface area contributed by atoms with Crippen molar-refractivity contribution >= 4 is 17.7 Å². The first-order valence-electron chi connectivity index (χ1n) is 10.7. The fourth-order valence-corrected chi connectivity index (χ4v) is 3.77. The highest BCUT2D eigenvalue weighted by Gasteiger charge is 2.28. The Balaban J connectivity index is 1.60. The maximum atomic E-state index is 13.0. The molecular weight excluding hydrogens is 426 g/mol. The first kappa shape index (κ1) is 24.0. The van der Waals surface area contributed by atoms with Crippen LogP contribution in [0.3, 0.4) is 0 Å². The van der Waals surface area contributed by atoms with Gasteiger partial charge in [0, 0.05) is 50.9 Å². The molecule has 1 aromatic heterocycles. The molecule has 0 radical (unpaired) electrons. The van der Waals surface area contributed by atoms with Crippen molar-refractivity contribution in [3.8, 4) is 11.5 Å². The van der Waals surface area contributed by atoms with Gasteiger partial charge in [0.05, 0.1) is 20.4 Å². The predicted octanol–water partition coefficient (Wildman–Crippen LogP) is 0.962. The summed E-state index contributed by atoms with van der Waals surface area (Å²) in [5.74, 6) is 0.467. The number of amides is 3. The molecule has 1 atom stereocenters. The lowest BCUT2D eigenvalue weighted by molar-refractivity contribution is -0.128. The lowest BCUT2D eigenvalue weighted by Gasteiger charge is -2.33. The number of hydrogen-bond acceptors (Lipinski definition) is 7. The van der Waals surface area contributed by atoms with Crippen LogP contribution in [0.2, 0.25) is 0 Å². The van der Waals surface area contributed by atoms with Gasteiger partial charge in [-0.3, -0.25) is 19.4 Å². The molecule has 2 N–H and O–H groups in total. The first-order chi connectivity index (χ1) is 15.9. The number of hydrogen-bond donors (Lipinski definition) is 2. The molecule has 2 aromatic rings. The number of likely N-dealkylation sites (tertiary alicyclic amines) is 1. The minimum absolute atomic E-state index is 0.0977. The number of benzene rings is 1. The molecule has 1 aliphatic heterocycles. The summed E-state index contributed by atoms with van der Waals surface area (Å²) in [5, 5.41) is 5.75. The highest BCUT2D eigenvalue weighted by Crippen LogP contribution is 2.23. The minimum atomic E-state index is -0.751. The van der Waals surface area contributed by atoms with E-state index in [-0.39, 0.29) is 30.2 Å². The van der Waals surface area contributed by atoms with E-state index in [0.29, 0.717) is 43.1 Å². The zero-order valence-corrected chi connectivity index (χ0v) is 19.0. The average molecular weight is 456 g/mol. The molecule has 10 nitrogen and oxygen atoms in total. The summed E-state index contributed by atoms with van der Waals surface area (Å²) < 4.78 is 10.6. The Morgan fingerprint density at radius 2 is 1.76 bits per heavy atom. The van der Waals surface area contributed by atoms with E-state index in [1.165, 1.54) is 25.5 Å². The summed E-state index contributed by atoms with van der Waals surface area (Å²) >= 11 is 0. The largest absolute Gasteiger partial charge is 0.497 e.